The molecule has 0 bridgehead atoms. The summed E-state index contributed by atoms with van der Waals surface area (Å²) in [7, 11) is 0. The number of nitrogens with one attached hydrogen (secondary N) is 4. The van der Waals surface area contributed by atoms with Crippen molar-refractivity contribution in [2.45, 2.75) is 18.8 Å². The predicted octanol–water partition coefficient (Wildman–Crippen LogP) is 5.39. The van der Waals surface area contributed by atoms with Gasteiger partial charge >= 0.3 is 0 Å². The van der Waals surface area contributed by atoms with Gasteiger partial charge in [-0.3, -0.25) is 4.79 Å². The second kappa shape index (κ2) is 10.8. The highest BCUT2D eigenvalue weighted by molar-refractivity contribution is 5.92. The van der Waals surface area contributed by atoms with E-state index in [2.05, 4.69) is 47.1 Å². The monoisotopic (exact) mass is 539 g/mol. The van der Waals surface area contributed by atoms with Gasteiger partial charge in [0.1, 0.15) is 40.9 Å². The smallest absolute Gasteiger partial charge is 0.245 e. The molecule has 0 spiro atoms. The first kappa shape index (κ1) is 25.0. The maximum Gasteiger partial charge on any atom is 0.245 e. The minimum atomic E-state index is -0.499. The molecule has 0 aliphatic carbocycles. The van der Waals surface area contributed by atoms with Gasteiger partial charge in [0.05, 0.1) is 11.1 Å². The summed E-state index contributed by atoms with van der Waals surface area (Å²) >= 11 is 0. The highest BCUT2D eigenvalue weighted by Gasteiger charge is 2.26. The summed E-state index contributed by atoms with van der Waals surface area (Å²) in [5, 5.41) is 6.97. The Morgan fingerprint density at radius 3 is 2.67 bits per heavy atom. The Kier molecular flexibility index (Phi) is 6.79. The van der Waals surface area contributed by atoms with Crippen LogP contribution in [0, 0.1) is 5.82 Å². The number of carbonyl (C=O) groups excluding carboxylic acids is 1. The van der Waals surface area contributed by atoms with Crippen LogP contribution in [0.5, 0.6) is 11.5 Å². The zero-order valence-corrected chi connectivity index (χ0v) is 21.4. The lowest BCUT2D eigenvalue weighted by Crippen LogP contribution is -2.36. The van der Waals surface area contributed by atoms with Crippen molar-refractivity contribution >= 4 is 40.2 Å². The van der Waals surface area contributed by atoms with E-state index in [-0.39, 0.29) is 17.5 Å². The molecule has 1 amide bonds. The first-order valence-electron chi connectivity index (χ1n) is 12.8. The minimum Gasteiger partial charge on any atom is -0.457 e. The van der Waals surface area contributed by atoms with Gasteiger partial charge in [0.2, 0.25) is 11.9 Å². The zero-order valence-electron chi connectivity index (χ0n) is 21.4. The van der Waals surface area contributed by atoms with Crippen molar-refractivity contribution in [1.82, 2.24) is 34.8 Å². The number of ether oxygens (including phenoxy) is 1. The van der Waals surface area contributed by atoms with Crippen molar-refractivity contribution in [2.75, 3.05) is 23.7 Å². The molecule has 5 heterocycles. The number of pyridine rings is 1. The molecule has 40 heavy (non-hydrogen) atoms. The van der Waals surface area contributed by atoms with Crippen molar-refractivity contribution < 1.29 is 13.9 Å². The van der Waals surface area contributed by atoms with Gasteiger partial charge in [0.15, 0.2) is 0 Å². The number of imidazole rings is 1. The van der Waals surface area contributed by atoms with Crippen LogP contribution in [0.2, 0.25) is 0 Å². The molecule has 4 N–H and O–H groups in total. The maximum atomic E-state index is 15.2. The van der Waals surface area contributed by atoms with E-state index in [4.69, 9.17) is 4.74 Å². The Labute approximate surface area is 228 Å². The summed E-state index contributed by atoms with van der Waals surface area (Å²) in [5.41, 5.74) is 1.95. The van der Waals surface area contributed by atoms with E-state index < -0.39 is 5.82 Å². The van der Waals surface area contributed by atoms with Crippen LogP contribution in [0.15, 0.2) is 74.1 Å². The van der Waals surface area contributed by atoms with E-state index in [0.717, 1.165) is 23.8 Å². The van der Waals surface area contributed by atoms with Crippen molar-refractivity contribution in [3.05, 3.63) is 85.5 Å². The first-order valence-corrected chi connectivity index (χ1v) is 12.8. The Morgan fingerprint density at radius 2 is 1.90 bits per heavy atom. The van der Waals surface area contributed by atoms with Gasteiger partial charge in [-0.25, -0.2) is 24.3 Å². The number of aromatic amines is 2. The Balaban J connectivity index is 1.19. The molecule has 6 rings (SSSR count). The van der Waals surface area contributed by atoms with Crippen molar-refractivity contribution in [2.24, 2.45) is 0 Å². The number of fused-ring (bicyclic) bond motifs is 1. The number of piperidine rings is 1. The standard InChI is InChI=1S/C28H26FN9O2/c1-2-24(39)38-11-6-17(7-12-38)20-15-33-26-25(20)27(35-16-34-26)36-22-4-3-18(13-21(22)29)40-19-5-8-30-23(14-19)37-28-31-9-10-32-28/h2-5,8-10,13-17H,1,6-7,11-12H2,(H2,30,31,32,37)(H2,33,34,35,36). The largest absolute Gasteiger partial charge is 0.457 e. The number of aromatic nitrogens is 6. The SMILES string of the molecule is C=CC(=O)N1CCC(c2c[nH]c3ncnc(Nc4ccc(Oc5ccnc(Nc6ncc[nH]6)c5)cc4F)c23)CC1. The molecule has 1 aromatic carbocycles. The summed E-state index contributed by atoms with van der Waals surface area (Å²) in [6, 6.07) is 7.96. The van der Waals surface area contributed by atoms with Crippen LogP contribution in [0.25, 0.3) is 11.0 Å². The van der Waals surface area contributed by atoms with Crippen LogP contribution < -0.4 is 15.4 Å². The number of hydrogen-bond acceptors (Lipinski definition) is 8. The van der Waals surface area contributed by atoms with Crippen molar-refractivity contribution in [3.63, 3.8) is 0 Å². The summed E-state index contributed by atoms with van der Waals surface area (Å²) in [6.45, 7) is 4.87. The molecule has 5 aromatic rings. The molecule has 1 fully saturated rings. The number of H-pyrrole nitrogens is 2. The van der Waals surface area contributed by atoms with E-state index in [1.165, 1.54) is 18.5 Å². The molecule has 11 nitrogen and oxygen atoms in total. The summed E-state index contributed by atoms with van der Waals surface area (Å²) in [6.07, 6.45) is 11.2. The summed E-state index contributed by atoms with van der Waals surface area (Å²) in [5.74, 6) is 2.04. The fraction of sp³-hybridized carbons (Fsp3) is 0.179. The van der Waals surface area contributed by atoms with Crippen LogP contribution in [0.1, 0.15) is 24.3 Å². The number of nitrogens with zero attached hydrogens (tertiary/aromatic N) is 5. The van der Waals surface area contributed by atoms with Crippen LogP contribution in [0.3, 0.4) is 0 Å². The number of halogens is 1. The van der Waals surface area contributed by atoms with Gasteiger partial charge in [-0.2, -0.15) is 0 Å². The average molecular weight is 540 g/mol. The topological polar surface area (TPSA) is 137 Å². The Hall–Kier alpha value is -5.26. The zero-order chi connectivity index (χ0) is 27.5. The molecule has 202 valence electrons. The quantitative estimate of drug-likeness (QED) is 0.193. The lowest BCUT2D eigenvalue weighted by Gasteiger charge is -2.31. The van der Waals surface area contributed by atoms with E-state index in [1.54, 1.807) is 47.8 Å². The molecule has 0 radical (unpaired) electrons. The molecule has 0 saturated carbocycles. The maximum absolute atomic E-state index is 15.2. The Morgan fingerprint density at radius 1 is 1.05 bits per heavy atom. The van der Waals surface area contributed by atoms with Crippen LogP contribution in [-0.2, 0) is 4.79 Å². The van der Waals surface area contributed by atoms with Crippen LogP contribution in [0.4, 0.5) is 27.7 Å². The van der Waals surface area contributed by atoms with Gasteiger partial charge in [-0.15, -0.1) is 0 Å². The number of carbonyl (C=O) groups is 1. The molecule has 0 unspecified atom stereocenters. The third kappa shape index (κ3) is 5.19. The summed E-state index contributed by atoms with van der Waals surface area (Å²) < 4.78 is 21.1. The number of anilines is 4. The lowest BCUT2D eigenvalue weighted by molar-refractivity contribution is -0.127. The molecule has 1 saturated heterocycles. The molecule has 4 aromatic heterocycles. The molecular formula is C28H26FN9O2. The number of benzene rings is 1. The normalized spacial score (nSPS) is 13.8. The number of hydrogen-bond donors (Lipinski definition) is 4. The Bertz CT molecular complexity index is 1660. The third-order valence-corrected chi connectivity index (χ3v) is 6.83. The van der Waals surface area contributed by atoms with Crippen LogP contribution >= 0.6 is 0 Å². The minimum absolute atomic E-state index is 0.0547. The third-order valence-electron chi connectivity index (χ3n) is 6.83. The highest BCUT2D eigenvalue weighted by atomic mass is 19.1. The van der Waals surface area contributed by atoms with E-state index >= 15 is 4.39 Å². The summed E-state index contributed by atoms with van der Waals surface area (Å²) in [4.78, 5) is 37.0. The van der Waals surface area contributed by atoms with Gasteiger partial charge in [-0.1, -0.05) is 6.58 Å². The molecular weight excluding hydrogens is 513 g/mol. The second-order valence-electron chi connectivity index (χ2n) is 9.30. The van der Waals surface area contributed by atoms with E-state index in [0.29, 0.717) is 47.8 Å². The van der Waals surface area contributed by atoms with Gasteiger partial charge in [0.25, 0.3) is 0 Å². The van der Waals surface area contributed by atoms with Crippen molar-refractivity contribution in [3.8, 4) is 11.5 Å². The predicted molar refractivity (Wildman–Crippen MR) is 149 cm³/mol. The highest BCUT2D eigenvalue weighted by Crippen LogP contribution is 2.37. The van der Waals surface area contributed by atoms with Crippen LogP contribution in [-0.4, -0.2) is 53.8 Å². The van der Waals surface area contributed by atoms with E-state index in [1.807, 2.05) is 6.20 Å². The van der Waals surface area contributed by atoms with E-state index in [9.17, 15) is 4.79 Å². The molecule has 1 aliphatic rings. The molecule has 1 aliphatic heterocycles. The average Bonchev–Trinajstić information content (AvgIpc) is 3.65. The van der Waals surface area contributed by atoms with Crippen molar-refractivity contribution in [1.29, 1.82) is 0 Å². The number of amides is 1. The van der Waals surface area contributed by atoms with Gasteiger partial charge in [-0.05, 0) is 48.6 Å². The molecule has 0 atom stereocenters. The fourth-order valence-electron chi connectivity index (χ4n) is 4.87. The number of rotatable bonds is 8. The van der Waals surface area contributed by atoms with Gasteiger partial charge < -0.3 is 30.2 Å². The second-order valence-corrected chi connectivity index (χ2v) is 9.30. The first-order chi connectivity index (χ1) is 19.6. The van der Waals surface area contributed by atoms with Gasteiger partial charge in [0, 0.05) is 50.0 Å². The fourth-order valence-corrected chi connectivity index (χ4v) is 4.87. The lowest BCUT2D eigenvalue weighted by atomic mass is 9.89. The molecule has 12 heteroatoms. The number of likely N-dealkylation sites (tertiary alicyclic amines) is 1.